The number of hydrogen-bond acceptors (Lipinski definition) is 5. The first kappa shape index (κ1) is 16.4. The molecule has 1 fully saturated rings. The first-order valence-corrected chi connectivity index (χ1v) is 8.80. The number of aromatic nitrogens is 2. The van der Waals surface area contributed by atoms with E-state index in [1.165, 1.54) is 0 Å². The second-order valence-corrected chi connectivity index (χ2v) is 6.80. The number of benzene rings is 2. The predicted octanol–water partition coefficient (Wildman–Crippen LogP) is 3.48. The number of fused-ring (bicyclic) bond motifs is 1. The number of rotatable bonds is 4. The minimum absolute atomic E-state index is 0.332. The quantitative estimate of drug-likeness (QED) is 0.717. The van der Waals surface area contributed by atoms with Gasteiger partial charge >= 0.3 is 0 Å². The van der Waals surface area contributed by atoms with Crippen molar-refractivity contribution in [1.82, 2.24) is 14.9 Å². The zero-order valence-electron chi connectivity index (χ0n) is 13.9. The van der Waals surface area contributed by atoms with E-state index < -0.39 is 0 Å². The Morgan fingerprint density at radius 1 is 1.19 bits per heavy atom. The van der Waals surface area contributed by atoms with E-state index in [1.807, 2.05) is 60.1 Å². The minimum Gasteiger partial charge on any atom is -0.486 e. The second-order valence-electron chi connectivity index (χ2n) is 5.79. The number of ether oxygens (including phenoxy) is 1. The molecule has 0 radical (unpaired) electrons. The van der Waals surface area contributed by atoms with Crippen LogP contribution in [0.2, 0.25) is 0 Å². The van der Waals surface area contributed by atoms with Crippen LogP contribution in [0.25, 0.3) is 17.1 Å². The third-order valence-electron chi connectivity index (χ3n) is 4.05. The van der Waals surface area contributed by atoms with Crippen LogP contribution < -0.4 is 10.1 Å². The predicted molar refractivity (Wildman–Crippen MR) is 101 cm³/mol. The summed E-state index contributed by atoms with van der Waals surface area (Å²) >= 11 is 0.896. The van der Waals surface area contributed by atoms with E-state index in [0.29, 0.717) is 17.3 Å². The molecule has 1 N–H and O–H groups in total. The molecule has 130 valence electrons. The molecule has 1 aromatic heterocycles. The number of carbonyl (C=O) groups excluding carboxylic acids is 2. The monoisotopic (exact) mass is 365 g/mol. The zero-order chi connectivity index (χ0) is 18.1. The van der Waals surface area contributed by atoms with Gasteiger partial charge in [0.25, 0.3) is 11.1 Å². The van der Waals surface area contributed by atoms with Crippen LogP contribution in [0.3, 0.4) is 0 Å². The number of imidazole rings is 1. The van der Waals surface area contributed by atoms with Gasteiger partial charge in [0.1, 0.15) is 18.2 Å². The topological polar surface area (TPSA) is 73.2 Å². The van der Waals surface area contributed by atoms with Crippen molar-refractivity contribution >= 4 is 40.0 Å². The van der Waals surface area contributed by atoms with Gasteiger partial charge in [-0.05, 0) is 47.7 Å². The molecule has 1 aliphatic heterocycles. The summed E-state index contributed by atoms with van der Waals surface area (Å²) < 4.78 is 7.87. The number of nitrogens with zero attached hydrogens (tertiary/aromatic N) is 2. The number of amides is 2. The van der Waals surface area contributed by atoms with E-state index in [0.717, 1.165) is 34.2 Å². The van der Waals surface area contributed by atoms with E-state index in [1.54, 1.807) is 6.08 Å². The van der Waals surface area contributed by atoms with Crippen molar-refractivity contribution in [3.8, 4) is 5.75 Å². The number of para-hydroxylation sites is 2. The molecular weight excluding hydrogens is 350 g/mol. The van der Waals surface area contributed by atoms with Crippen LogP contribution in [0.1, 0.15) is 11.4 Å². The molecule has 3 aromatic rings. The molecule has 7 heteroatoms. The Morgan fingerprint density at radius 3 is 2.81 bits per heavy atom. The van der Waals surface area contributed by atoms with Gasteiger partial charge in [-0.2, -0.15) is 0 Å². The lowest BCUT2D eigenvalue weighted by Crippen LogP contribution is -2.17. The highest BCUT2D eigenvalue weighted by Gasteiger charge is 2.24. The molecule has 4 rings (SSSR count). The van der Waals surface area contributed by atoms with Crippen LogP contribution >= 0.6 is 11.8 Å². The molecule has 1 aliphatic rings. The summed E-state index contributed by atoms with van der Waals surface area (Å²) in [6.45, 7) is 0.332. The molecule has 0 bridgehead atoms. The summed E-state index contributed by atoms with van der Waals surface area (Å²) in [7, 11) is 1.96. The maximum atomic E-state index is 11.6. The Kier molecular flexibility index (Phi) is 4.22. The highest BCUT2D eigenvalue weighted by atomic mass is 32.2. The lowest BCUT2D eigenvalue weighted by atomic mass is 10.2. The molecule has 1 saturated heterocycles. The molecule has 6 nitrogen and oxygen atoms in total. The minimum atomic E-state index is -0.369. The highest BCUT2D eigenvalue weighted by molar-refractivity contribution is 8.18. The number of aryl methyl sites for hydroxylation is 1. The molecular formula is C19H15N3O3S. The number of hydrogen-bond donors (Lipinski definition) is 1. The zero-order valence-corrected chi connectivity index (χ0v) is 14.7. The van der Waals surface area contributed by atoms with Crippen LogP contribution in [0.4, 0.5) is 4.79 Å². The Hall–Kier alpha value is -3.06. The smallest absolute Gasteiger partial charge is 0.290 e. The van der Waals surface area contributed by atoms with Crippen LogP contribution in [-0.4, -0.2) is 20.7 Å². The van der Waals surface area contributed by atoms with E-state index >= 15 is 0 Å². The molecule has 0 spiro atoms. The molecule has 0 aliphatic carbocycles. The number of imide groups is 1. The van der Waals surface area contributed by atoms with Gasteiger partial charge in [-0.25, -0.2) is 4.98 Å². The molecule has 2 heterocycles. The van der Waals surface area contributed by atoms with Gasteiger partial charge in [0.15, 0.2) is 0 Å². The number of nitrogens with one attached hydrogen (secondary N) is 1. The second kappa shape index (κ2) is 6.68. The van der Waals surface area contributed by atoms with Crippen molar-refractivity contribution in [3.05, 3.63) is 64.8 Å². The standard InChI is InChI=1S/C19H15N3O3S/c1-22-15-8-3-2-7-14(15)20-17(22)11-25-13-6-4-5-12(9-13)10-16-18(23)21-19(24)26-16/h2-10H,11H2,1H3,(H,21,23,24)/b16-10+. The first-order chi connectivity index (χ1) is 12.6. The molecule has 2 aromatic carbocycles. The fourth-order valence-electron chi connectivity index (χ4n) is 2.74. The van der Waals surface area contributed by atoms with Crippen molar-refractivity contribution in [3.63, 3.8) is 0 Å². The first-order valence-electron chi connectivity index (χ1n) is 7.98. The van der Waals surface area contributed by atoms with Gasteiger partial charge < -0.3 is 9.30 Å². The fourth-order valence-corrected chi connectivity index (χ4v) is 3.42. The summed E-state index contributed by atoms with van der Waals surface area (Å²) in [4.78, 5) is 27.8. The SMILES string of the molecule is Cn1c(COc2cccc(/C=C3/SC(=O)NC3=O)c2)nc2ccccc21. The van der Waals surface area contributed by atoms with E-state index in [-0.39, 0.29) is 11.1 Å². The van der Waals surface area contributed by atoms with Crippen molar-refractivity contribution in [2.45, 2.75) is 6.61 Å². The van der Waals surface area contributed by atoms with Gasteiger partial charge in [-0.3, -0.25) is 14.9 Å². The van der Waals surface area contributed by atoms with Crippen LogP contribution in [0.5, 0.6) is 5.75 Å². The van der Waals surface area contributed by atoms with E-state index in [2.05, 4.69) is 10.3 Å². The van der Waals surface area contributed by atoms with Gasteiger partial charge in [0.05, 0.1) is 15.9 Å². The number of thioether (sulfide) groups is 1. The highest BCUT2D eigenvalue weighted by Crippen LogP contribution is 2.26. The molecule has 26 heavy (non-hydrogen) atoms. The van der Waals surface area contributed by atoms with Crippen molar-refractivity contribution in [2.24, 2.45) is 7.05 Å². The Morgan fingerprint density at radius 2 is 2.04 bits per heavy atom. The van der Waals surface area contributed by atoms with Crippen LogP contribution in [0.15, 0.2) is 53.4 Å². The van der Waals surface area contributed by atoms with Crippen molar-refractivity contribution in [1.29, 1.82) is 0 Å². The molecule has 0 atom stereocenters. The third kappa shape index (κ3) is 3.21. The summed E-state index contributed by atoms with van der Waals surface area (Å²) in [5.74, 6) is 1.12. The maximum absolute atomic E-state index is 11.6. The maximum Gasteiger partial charge on any atom is 0.290 e. The summed E-state index contributed by atoms with van der Waals surface area (Å²) in [6.07, 6.45) is 1.67. The van der Waals surface area contributed by atoms with Gasteiger partial charge in [-0.1, -0.05) is 24.3 Å². The lowest BCUT2D eigenvalue weighted by Gasteiger charge is -2.07. The van der Waals surface area contributed by atoms with Gasteiger partial charge in [0, 0.05) is 7.05 Å². The normalized spacial score (nSPS) is 15.7. The number of carbonyl (C=O) groups is 2. The summed E-state index contributed by atoms with van der Waals surface area (Å²) in [5, 5.41) is 1.89. The average molecular weight is 365 g/mol. The Labute approximate surface area is 153 Å². The van der Waals surface area contributed by atoms with Crippen molar-refractivity contribution in [2.75, 3.05) is 0 Å². The summed E-state index contributed by atoms with van der Waals surface area (Å²) in [6, 6.07) is 15.3. The van der Waals surface area contributed by atoms with Crippen LogP contribution in [-0.2, 0) is 18.4 Å². The average Bonchev–Trinajstić information content (AvgIpc) is 3.12. The third-order valence-corrected chi connectivity index (χ3v) is 4.86. The summed E-state index contributed by atoms with van der Waals surface area (Å²) in [5.41, 5.74) is 2.78. The largest absolute Gasteiger partial charge is 0.486 e. The Bertz CT molecular complexity index is 1060. The van der Waals surface area contributed by atoms with Gasteiger partial charge in [0.2, 0.25) is 0 Å². The van der Waals surface area contributed by atoms with Gasteiger partial charge in [-0.15, -0.1) is 0 Å². The molecule has 0 unspecified atom stereocenters. The van der Waals surface area contributed by atoms with E-state index in [4.69, 9.17) is 4.74 Å². The lowest BCUT2D eigenvalue weighted by molar-refractivity contribution is -0.115. The fraction of sp³-hybridized carbons (Fsp3) is 0.105. The molecule has 0 saturated carbocycles. The van der Waals surface area contributed by atoms with Crippen LogP contribution in [0, 0.1) is 0 Å². The van der Waals surface area contributed by atoms with Crippen molar-refractivity contribution < 1.29 is 14.3 Å². The Balaban J connectivity index is 1.52. The molecule has 2 amide bonds. The van der Waals surface area contributed by atoms with E-state index in [9.17, 15) is 9.59 Å².